The van der Waals surface area contributed by atoms with E-state index in [1.165, 1.54) is 0 Å². The Morgan fingerprint density at radius 2 is 1.54 bits per heavy atom. The molecule has 24 heavy (non-hydrogen) atoms. The Morgan fingerprint density at radius 3 is 2.12 bits per heavy atom. The molecule has 0 aliphatic carbocycles. The zero-order chi connectivity index (χ0) is 16.7. The minimum atomic E-state index is -1.19. The topological polar surface area (TPSA) is 115 Å². The van der Waals surface area contributed by atoms with Crippen LogP contribution in [0.15, 0.2) is 76.3 Å². The van der Waals surface area contributed by atoms with Gasteiger partial charge in [0.1, 0.15) is 0 Å². The number of hydrogen-bond donors (Lipinski definition) is 3. The van der Waals surface area contributed by atoms with E-state index < -0.39 is 11.9 Å². The summed E-state index contributed by atoms with van der Waals surface area (Å²) >= 11 is 3.37. The van der Waals surface area contributed by atoms with Gasteiger partial charge in [-0.2, -0.15) is 5.10 Å². The van der Waals surface area contributed by atoms with E-state index in [9.17, 15) is 9.59 Å². The maximum Gasteiger partial charge on any atom is 0.328 e. The average Bonchev–Trinajstić information content (AvgIpc) is 2.55. The van der Waals surface area contributed by atoms with Gasteiger partial charge in [-0.3, -0.25) is 4.79 Å². The molecule has 0 aliphatic heterocycles. The lowest BCUT2D eigenvalue weighted by Gasteiger charge is -2.07. The lowest BCUT2D eigenvalue weighted by Crippen LogP contribution is -2.18. The number of rotatable bonds is 5. The first-order valence-corrected chi connectivity index (χ1v) is 7.45. The van der Waals surface area contributed by atoms with E-state index in [1.807, 2.05) is 54.6 Å². The molecule has 2 rings (SSSR count). The van der Waals surface area contributed by atoms with Crippen molar-refractivity contribution >= 4 is 33.5 Å². The molecule has 2 aromatic rings. The van der Waals surface area contributed by atoms with Crippen molar-refractivity contribution in [2.24, 2.45) is 5.10 Å². The molecule has 0 radical (unpaired) electrons. The van der Waals surface area contributed by atoms with Crippen molar-refractivity contribution in [1.82, 2.24) is 11.6 Å². The molecule has 0 saturated carbocycles. The van der Waals surface area contributed by atoms with Gasteiger partial charge in [0.05, 0.1) is 5.71 Å². The van der Waals surface area contributed by atoms with Gasteiger partial charge in [-0.25, -0.2) is 10.2 Å². The highest BCUT2D eigenvalue weighted by Crippen LogP contribution is 2.15. The minimum absolute atomic E-state index is 0. The van der Waals surface area contributed by atoms with E-state index in [0.29, 0.717) is 5.71 Å². The summed E-state index contributed by atoms with van der Waals surface area (Å²) in [4.78, 5) is 22.0. The van der Waals surface area contributed by atoms with E-state index >= 15 is 0 Å². The normalized spacial score (nSPS) is 11.0. The highest BCUT2D eigenvalue weighted by molar-refractivity contribution is 9.10. The van der Waals surface area contributed by atoms with Crippen LogP contribution in [0, 0.1) is 0 Å². The lowest BCUT2D eigenvalue weighted by atomic mass is 10.0. The number of amides is 1. The number of benzene rings is 2. The van der Waals surface area contributed by atoms with Crippen LogP contribution in [0.2, 0.25) is 0 Å². The first-order valence-electron chi connectivity index (χ1n) is 6.66. The fraction of sp³-hybridized carbons (Fsp3) is 0. The Morgan fingerprint density at radius 1 is 0.958 bits per heavy atom. The number of carboxylic acids is 1. The second-order valence-electron chi connectivity index (χ2n) is 4.48. The number of carbonyl (C=O) groups excluding carboxylic acids is 1. The van der Waals surface area contributed by atoms with Crippen LogP contribution < -0.4 is 11.6 Å². The van der Waals surface area contributed by atoms with Crippen molar-refractivity contribution in [3.63, 3.8) is 0 Å². The monoisotopic (exact) mass is 390 g/mol. The summed E-state index contributed by atoms with van der Waals surface area (Å²) in [7, 11) is 0. The van der Waals surface area contributed by atoms with Gasteiger partial charge in [0.2, 0.25) is 0 Å². The summed E-state index contributed by atoms with van der Waals surface area (Å²) in [5.74, 6) is -1.81. The van der Waals surface area contributed by atoms with Gasteiger partial charge in [0.25, 0.3) is 5.91 Å². The Kier molecular flexibility index (Phi) is 7.54. The predicted octanol–water partition coefficient (Wildman–Crippen LogP) is 3.33. The van der Waals surface area contributed by atoms with Gasteiger partial charge >= 0.3 is 5.97 Å². The number of carboxylic acid groups (broad SMARTS) is 1. The Balaban J connectivity index is 0.00000288. The largest absolute Gasteiger partial charge is 0.478 e. The molecule has 0 fully saturated rings. The van der Waals surface area contributed by atoms with E-state index in [-0.39, 0.29) is 6.15 Å². The number of aliphatic carboxylic acids is 1. The molecule has 1 amide bonds. The van der Waals surface area contributed by atoms with Crippen LogP contribution in [-0.4, -0.2) is 22.7 Å². The Hall–Kier alpha value is -2.77. The molecule has 0 saturated heterocycles. The standard InChI is InChI=1S/C17H13BrN2O3.H3N/c18-14-8-6-13(7-9-14)17(12-4-2-1-3-5-12)20-19-15(21)10-11-16(22)23;/h1-11H,(H,19,21)(H,22,23);1H3/p+1/b11-10-,20-17-;. The first kappa shape index (κ1) is 19.3. The van der Waals surface area contributed by atoms with Crippen molar-refractivity contribution in [3.05, 3.63) is 82.3 Å². The molecule has 0 aromatic heterocycles. The summed E-state index contributed by atoms with van der Waals surface area (Å²) in [6.07, 6.45) is 1.67. The molecule has 0 spiro atoms. The van der Waals surface area contributed by atoms with Gasteiger partial charge in [-0.1, -0.05) is 58.4 Å². The molecule has 124 valence electrons. The smallest absolute Gasteiger partial charge is 0.328 e. The summed E-state index contributed by atoms with van der Waals surface area (Å²) in [6, 6.07) is 16.9. The maximum absolute atomic E-state index is 11.6. The molecule has 0 aliphatic rings. The molecule has 0 unspecified atom stereocenters. The number of quaternary nitrogens is 1. The fourth-order valence-corrected chi connectivity index (χ4v) is 2.06. The molecule has 7 heteroatoms. The van der Waals surface area contributed by atoms with Gasteiger partial charge in [0.15, 0.2) is 0 Å². The number of nitrogens with zero attached hydrogens (tertiary/aromatic N) is 1. The molecular formula is C17H17BrN3O3+. The van der Waals surface area contributed by atoms with Crippen LogP contribution in [0.5, 0.6) is 0 Å². The van der Waals surface area contributed by atoms with Gasteiger partial charge in [-0.05, 0) is 12.1 Å². The summed E-state index contributed by atoms with van der Waals surface area (Å²) < 4.78 is 0.932. The molecule has 2 aromatic carbocycles. The van der Waals surface area contributed by atoms with Crippen molar-refractivity contribution in [2.75, 3.05) is 0 Å². The second kappa shape index (κ2) is 9.39. The van der Waals surface area contributed by atoms with E-state index in [2.05, 4.69) is 26.5 Å². The number of carbonyl (C=O) groups is 2. The molecule has 6 nitrogen and oxygen atoms in total. The third kappa shape index (κ3) is 5.79. The molecule has 6 N–H and O–H groups in total. The van der Waals surface area contributed by atoms with E-state index in [4.69, 9.17) is 5.11 Å². The van der Waals surface area contributed by atoms with Gasteiger partial charge < -0.3 is 11.3 Å². The highest BCUT2D eigenvalue weighted by Gasteiger charge is 2.07. The van der Waals surface area contributed by atoms with E-state index in [1.54, 1.807) is 0 Å². The quantitative estimate of drug-likeness (QED) is 0.412. The SMILES string of the molecule is O=C(O)/C=C\C(=O)N/N=C(/c1ccccc1)c1ccc(Br)cc1.[NH4+]. The summed E-state index contributed by atoms with van der Waals surface area (Å²) in [5, 5.41) is 12.6. The van der Waals surface area contributed by atoms with Crippen LogP contribution in [0.1, 0.15) is 11.1 Å². The van der Waals surface area contributed by atoms with Crippen LogP contribution in [0.4, 0.5) is 0 Å². The number of halogens is 1. The van der Waals surface area contributed by atoms with Gasteiger partial charge in [-0.15, -0.1) is 0 Å². The molecule has 0 bridgehead atoms. The zero-order valence-electron chi connectivity index (χ0n) is 12.9. The van der Waals surface area contributed by atoms with Crippen molar-refractivity contribution in [3.8, 4) is 0 Å². The zero-order valence-corrected chi connectivity index (χ0v) is 14.5. The van der Waals surface area contributed by atoms with Crippen LogP contribution in [-0.2, 0) is 9.59 Å². The minimum Gasteiger partial charge on any atom is -0.478 e. The third-order valence-electron chi connectivity index (χ3n) is 2.82. The summed E-state index contributed by atoms with van der Waals surface area (Å²) in [5.41, 5.74) is 4.57. The fourth-order valence-electron chi connectivity index (χ4n) is 1.79. The first-order chi connectivity index (χ1) is 11.1. The Labute approximate surface area is 147 Å². The summed E-state index contributed by atoms with van der Waals surface area (Å²) in [6.45, 7) is 0. The highest BCUT2D eigenvalue weighted by atomic mass is 79.9. The van der Waals surface area contributed by atoms with Crippen molar-refractivity contribution in [1.29, 1.82) is 0 Å². The predicted molar refractivity (Wildman–Crippen MR) is 97.1 cm³/mol. The molecular weight excluding hydrogens is 374 g/mol. The molecule has 0 heterocycles. The third-order valence-corrected chi connectivity index (χ3v) is 3.35. The van der Waals surface area contributed by atoms with Crippen molar-refractivity contribution in [2.45, 2.75) is 0 Å². The molecule has 0 atom stereocenters. The second-order valence-corrected chi connectivity index (χ2v) is 5.40. The average molecular weight is 391 g/mol. The van der Waals surface area contributed by atoms with Crippen LogP contribution in [0.3, 0.4) is 0 Å². The Bertz CT molecular complexity index is 756. The maximum atomic E-state index is 11.6. The number of hydrazone groups is 1. The van der Waals surface area contributed by atoms with E-state index in [0.717, 1.165) is 27.8 Å². The lowest BCUT2D eigenvalue weighted by molar-refractivity contribution is -0.131. The van der Waals surface area contributed by atoms with Crippen molar-refractivity contribution < 1.29 is 14.7 Å². The number of hydrogen-bond acceptors (Lipinski definition) is 3. The van der Waals surface area contributed by atoms with Crippen LogP contribution >= 0.6 is 15.9 Å². The number of nitrogens with one attached hydrogen (secondary N) is 1. The van der Waals surface area contributed by atoms with Crippen LogP contribution in [0.25, 0.3) is 0 Å². The van der Waals surface area contributed by atoms with Gasteiger partial charge in [0, 0.05) is 27.8 Å².